The van der Waals surface area contributed by atoms with E-state index in [1.165, 1.54) is 0 Å². The Kier molecular flexibility index (Phi) is 3.33. The second-order valence-corrected chi connectivity index (χ2v) is 4.46. The number of hydrogen-bond acceptors (Lipinski definition) is 3. The summed E-state index contributed by atoms with van der Waals surface area (Å²) in [7, 11) is 0. The Morgan fingerprint density at radius 2 is 2.29 bits per heavy atom. The number of hydrogen-bond donors (Lipinski definition) is 2. The molecule has 0 aliphatic carbocycles. The summed E-state index contributed by atoms with van der Waals surface area (Å²) in [5, 5.41) is 3.42. The molecule has 1 aromatic rings. The third kappa shape index (κ3) is 2.42. The maximum atomic E-state index is 11.2. The van der Waals surface area contributed by atoms with E-state index in [4.69, 9.17) is 10.5 Å². The number of nitrogens with one attached hydrogen (secondary N) is 1. The van der Waals surface area contributed by atoms with Gasteiger partial charge in [0.25, 0.3) is 0 Å². The van der Waals surface area contributed by atoms with E-state index < -0.39 is 0 Å². The number of amides is 1. The molecule has 3 N–H and O–H groups in total. The van der Waals surface area contributed by atoms with Crippen LogP contribution in [0.1, 0.15) is 29.3 Å². The van der Waals surface area contributed by atoms with E-state index in [0.717, 1.165) is 24.3 Å². The third-order valence-corrected chi connectivity index (χ3v) is 3.32. The molecule has 2 rings (SSSR count). The van der Waals surface area contributed by atoms with Crippen LogP contribution in [0.5, 0.6) is 0 Å². The second-order valence-electron chi connectivity index (χ2n) is 4.46. The quantitative estimate of drug-likeness (QED) is 0.836. The van der Waals surface area contributed by atoms with Crippen molar-refractivity contribution in [3.8, 4) is 0 Å². The van der Waals surface area contributed by atoms with Crippen LogP contribution in [-0.2, 0) is 4.74 Å². The number of carbonyl (C=O) groups is 1. The lowest BCUT2D eigenvalue weighted by atomic mass is 10.0. The number of primary amides is 1. The van der Waals surface area contributed by atoms with Gasteiger partial charge in [-0.15, -0.1) is 0 Å². The highest BCUT2D eigenvalue weighted by atomic mass is 16.5. The van der Waals surface area contributed by atoms with Gasteiger partial charge in [-0.05, 0) is 38.0 Å². The zero-order chi connectivity index (χ0) is 12.4. The first-order valence-electron chi connectivity index (χ1n) is 5.87. The standard InChI is InChI=1S/C13H18N2O2/c1-8-10(13(14)16)4-3-5-11(8)15-12-6-7-17-9(12)2/h3-5,9,12,15H,6-7H2,1-2H3,(H2,14,16). The summed E-state index contributed by atoms with van der Waals surface area (Å²) in [6.45, 7) is 4.74. The minimum atomic E-state index is -0.387. The molecule has 1 aromatic carbocycles. The number of rotatable bonds is 3. The van der Waals surface area contributed by atoms with Gasteiger partial charge < -0.3 is 15.8 Å². The van der Waals surface area contributed by atoms with E-state index >= 15 is 0 Å². The molecule has 92 valence electrons. The zero-order valence-electron chi connectivity index (χ0n) is 10.2. The normalized spacial score (nSPS) is 23.6. The minimum absolute atomic E-state index is 0.201. The van der Waals surface area contributed by atoms with Crippen molar-refractivity contribution in [2.45, 2.75) is 32.4 Å². The van der Waals surface area contributed by atoms with Crippen LogP contribution < -0.4 is 11.1 Å². The zero-order valence-corrected chi connectivity index (χ0v) is 10.2. The Hall–Kier alpha value is -1.55. The molecule has 1 heterocycles. The summed E-state index contributed by atoms with van der Waals surface area (Å²) in [4.78, 5) is 11.2. The Morgan fingerprint density at radius 1 is 1.53 bits per heavy atom. The number of anilines is 1. The topological polar surface area (TPSA) is 64.3 Å². The molecule has 1 aliphatic heterocycles. The number of nitrogens with two attached hydrogens (primary N) is 1. The molecule has 1 amide bonds. The van der Waals surface area contributed by atoms with Crippen LogP contribution in [0.25, 0.3) is 0 Å². The van der Waals surface area contributed by atoms with Crippen molar-refractivity contribution < 1.29 is 9.53 Å². The highest BCUT2D eigenvalue weighted by Crippen LogP contribution is 2.23. The molecule has 0 radical (unpaired) electrons. The van der Waals surface area contributed by atoms with Gasteiger partial charge in [-0.2, -0.15) is 0 Å². The molecule has 4 nitrogen and oxygen atoms in total. The highest BCUT2D eigenvalue weighted by Gasteiger charge is 2.24. The summed E-state index contributed by atoms with van der Waals surface area (Å²) in [5.74, 6) is -0.387. The predicted octanol–water partition coefficient (Wildman–Crippen LogP) is 1.68. The maximum Gasteiger partial charge on any atom is 0.249 e. The first-order chi connectivity index (χ1) is 8.09. The molecular weight excluding hydrogens is 216 g/mol. The summed E-state index contributed by atoms with van der Waals surface area (Å²) >= 11 is 0. The Labute approximate surface area is 101 Å². The highest BCUT2D eigenvalue weighted by molar-refractivity contribution is 5.95. The molecule has 0 bridgehead atoms. The fourth-order valence-corrected chi connectivity index (χ4v) is 2.18. The van der Waals surface area contributed by atoms with E-state index in [-0.39, 0.29) is 12.0 Å². The maximum absolute atomic E-state index is 11.2. The van der Waals surface area contributed by atoms with Crippen molar-refractivity contribution >= 4 is 11.6 Å². The summed E-state index contributed by atoms with van der Waals surface area (Å²) in [6, 6.07) is 5.86. The molecule has 1 aliphatic rings. The van der Waals surface area contributed by atoms with E-state index in [1.807, 2.05) is 19.1 Å². The van der Waals surface area contributed by atoms with E-state index in [9.17, 15) is 4.79 Å². The van der Waals surface area contributed by atoms with Crippen LogP contribution in [0, 0.1) is 6.92 Å². The van der Waals surface area contributed by atoms with Crippen LogP contribution in [0.4, 0.5) is 5.69 Å². The van der Waals surface area contributed by atoms with E-state index in [1.54, 1.807) is 6.07 Å². The molecular formula is C13H18N2O2. The monoisotopic (exact) mass is 234 g/mol. The van der Waals surface area contributed by atoms with Gasteiger partial charge in [0.05, 0.1) is 12.1 Å². The van der Waals surface area contributed by atoms with Crippen LogP contribution in [0.3, 0.4) is 0 Å². The largest absolute Gasteiger partial charge is 0.379 e. The Morgan fingerprint density at radius 3 is 2.88 bits per heavy atom. The van der Waals surface area contributed by atoms with Crippen LogP contribution in [0.2, 0.25) is 0 Å². The van der Waals surface area contributed by atoms with Gasteiger partial charge in [0.1, 0.15) is 0 Å². The lowest BCUT2D eigenvalue weighted by molar-refractivity contribution is 0.1000. The van der Waals surface area contributed by atoms with Gasteiger partial charge in [-0.1, -0.05) is 6.07 Å². The summed E-state index contributed by atoms with van der Waals surface area (Å²) in [6.07, 6.45) is 1.19. The van der Waals surface area contributed by atoms with Gasteiger partial charge in [-0.25, -0.2) is 0 Å². The second kappa shape index (κ2) is 4.75. The van der Waals surface area contributed by atoms with Crippen molar-refractivity contribution in [2.24, 2.45) is 5.73 Å². The van der Waals surface area contributed by atoms with Gasteiger partial charge in [0.15, 0.2) is 0 Å². The molecule has 2 unspecified atom stereocenters. The molecule has 0 saturated carbocycles. The molecule has 2 atom stereocenters. The van der Waals surface area contributed by atoms with Crippen LogP contribution >= 0.6 is 0 Å². The van der Waals surface area contributed by atoms with Gasteiger partial charge in [0, 0.05) is 17.9 Å². The fourth-order valence-electron chi connectivity index (χ4n) is 2.18. The van der Waals surface area contributed by atoms with Crippen molar-refractivity contribution in [2.75, 3.05) is 11.9 Å². The van der Waals surface area contributed by atoms with Gasteiger partial charge in [-0.3, -0.25) is 4.79 Å². The molecule has 0 spiro atoms. The number of benzene rings is 1. The SMILES string of the molecule is Cc1c(NC2CCOC2C)cccc1C(N)=O. The lowest BCUT2D eigenvalue weighted by Crippen LogP contribution is -2.27. The molecule has 0 aromatic heterocycles. The molecule has 1 saturated heterocycles. The third-order valence-electron chi connectivity index (χ3n) is 3.32. The van der Waals surface area contributed by atoms with Crippen LogP contribution in [-0.4, -0.2) is 24.7 Å². The van der Waals surface area contributed by atoms with Crippen molar-refractivity contribution in [3.63, 3.8) is 0 Å². The molecule has 4 heteroatoms. The molecule has 17 heavy (non-hydrogen) atoms. The predicted molar refractivity (Wildman–Crippen MR) is 67.1 cm³/mol. The van der Waals surface area contributed by atoms with E-state index in [2.05, 4.69) is 12.2 Å². The van der Waals surface area contributed by atoms with Gasteiger partial charge >= 0.3 is 0 Å². The smallest absolute Gasteiger partial charge is 0.249 e. The number of carbonyl (C=O) groups excluding carboxylic acids is 1. The first kappa shape index (κ1) is 11.9. The van der Waals surface area contributed by atoms with E-state index in [0.29, 0.717) is 11.6 Å². The number of ether oxygens (including phenoxy) is 1. The van der Waals surface area contributed by atoms with Crippen molar-refractivity contribution in [3.05, 3.63) is 29.3 Å². The molecule has 1 fully saturated rings. The van der Waals surface area contributed by atoms with Crippen LogP contribution in [0.15, 0.2) is 18.2 Å². The minimum Gasteiger partial charge on any atom is -0.379 e. The first-order valence-corrected chi connectivity index (χ1v) is 5.87. The Bertz CT molecular complexity index is 431. The van der Waals surface area contributed by atoms with Crippen molar-refractivity contribution in [1.82, 2.24) is 0 Å². The summed E-state index contributed by atoms with van der Waals surface area (Å²) < 4.78 is 5.50. The average Bonchev–Trinajstić information content (AvgIpc) is 2.67. The van der Waals surface area contributed by atoms with Gasteiger partial charge in [0.2, 0.25) is 5.91 Å². The summed E-state index contributed by atoms with van der Waals surface area (Å²) in [5.41, 5.74) is 7.76. The lowest BCUT2D eigenvalue weighted by Gasteiger charge is -2.19. The average molecular weight is 234 g/mol. The fraction of sp³-hybridized carbons (Fsp3) is 0.462. The van der Waals surface area contributed by atoms with Crippen molar-refractivity contribution in [1.29, 1.82) is 0 Å². The Balaban J connectivity index is 2.21.